The van der Waals surface area contributed by atoms with Crippen molar-refractivity contribution in [2.24, 2.45) is 0 Å². The third-order valence-electron chi connectivity index (χ3n) is 5.25. The van der Waals surface area contributed by atoms with Gasteiger partial charge in [0.05, 0.1) is 18.3 Å². The van der Waals surface area contributed by atoms with Crippen molar-refractivity contribution in [3.63, 3.8) is 0 Å². The molecule has 1 fully saturated rings. The minimum absolute atomic E-state index is 0.0410. The molecule has 0 spiro atoms. The minimum Gasteiger partial charge on any atom is -0.376 e. The van der Waals surface area contributed by atoms with Gasteiger partial charge in [-0.2, -0.15) is 9.78 Å². The molecule has 0 saturated carbocycles. The molecule has 0 aliphatic carbocycles. The van der Waals surface area contributed by atoms with Crippen LogP contribution in [0.4, 0.5) is 0 Å². The van der Waals surface area contributed by atoms with E-state index in [2.05, 4.69) is 10.4 Å². The highest BCUT2D eigenvalue weighted by Gasteiger charge is 2.22. The molecule has 1 aliphatic heterocycles. The van der Waals surface area contributed by atoms with Gasteiger partial charge < -0.3 is 10.1 Å². The number of nitrogens with zero attached hydrogens (tertiary/aromatic N) is 3. The Hall–Kier alpha value is -3.52. The van der Waals surface area contributed by atoms with Crippen molar-refractivity contribution >= 4 is 5.91 Å². The molecule has 1 atom stereocenters. The summed E-state index contributed by atoms with van der Waals surface area (Å²) >= 11 is 0. The zero-order valence-corrected chi connectivity index (χ0v) is 17.3. The lowest BCUT2D eigenvalue weighted by molar-refractivity contribution is 0.0849. The van der Waals surface area contributed by atoms with Gasteiger partial charge in [-0.3, -0.25) is 14.2 Å². The van der Waals surface area contributed by atoms with Crippen LogP contribution in [0.5, 0.6) is 0 Å². The highest BCUT2D eigenvalue weighted by atomic mass is 16.5. The number of nitrogens with one attached hydrogen (secondary N) is 1. The quantitative estimate of drug-likeness (QED) is 0.654. The molecule has 31 heavy (non-hydrogen) atoms. The molecule has 1 aromatic heterocycles. The molecule has 8 nitrogen and oxygen atoms in total. The number of aromatic nitrogens is 3. The molecule has 1 amide bonds. The molecule has 1 unspecified atom stereocenters. The van der Waals surface area contributed by atoms with Gasteiger partial charge in [0, 0.05) is 13.2 Å². The van der Waals surface area contributed by atoms with Gasteiger partial charge in [0.25, 0.3) is 11.5 Å². The van der Waals surface area contributed by atoms with E-state index in [0.717, 1.165) is 33.2 Å². The predicted molar refractivity (Wildman–Crippen MR) is 116 cm³/mol. The maximum Gasteiger partial charge on any atom is 0.352 e. The Morgan fingerprint density at radius 3 is 2.55 bits per heavy atom. The monoisotopic (exact) mass is 420 g/mol. The number of rotatable bonds is 6. The largest absolute Gasteiger partial charge is 0.376 e. The Labute approximate surface area is 179 Å². The molecular weight excluding hydrogens is 396 g/mol. The van der Waals surface area contributed by atoms with Crippen LogP contribution in [0.3, 0.4) is 0 Å². The first-order chi connectivity index (χ1) is 15.0. The summed E-state index contributed by atoms with van der Waals surface area (Å²) in [6.45, 7) is 2.96. The summed E-state index contributed by atoms with van der Waals surface area (Å²) in [4.78, 5) is 39.0. The van der Waals surface area contributed by atoms with Crippen LogP contribution < -0.4 is 16.6 Å². The fourth-order valence-electron chi connectivity index (χ4n) is 3.51. The topological polar surface area (TPSA) is 95.2 Å². The molecule has 3 aromatic rings. The highest BCUT2D eigenvalue weighted by molar-refractivity contribution is 5.91. The summed E-state index contributed by atoms with van der Waals surface area (Å²) in [5.74, 6) is -0.622. The van der Waals surface area contributed by atoms with Crippen molar-refractivity contribution in [2.75, 3.05) is 13.2 Å². The lowest BCUT2D eigenvalue weighted by Crippen LogP contribution is -2.46. The van der Waals surface area contributed by atoms with E-state index in [4.69, 9.17) is 4.74 Å². The second-order valence-electron chi connectivity index (χ2n) is 7.60. The molecule has 2 heterocycles. The first-order valence-electron chi connectivity index (χ1n) is 10.3. The van der Waals surface area contributed by atoms with Crippen molar-refractivity contribution in [1.82, 2.24) is 19.7 Å². The predicted octanol–water partition coefficient (Wildman–Crippen LogP) is 1.66. The van der Waals surface area contributed by atoms with Crippen molar-refractivity contribution in [1.29, 1.82) is 0 Å². The van der Waals surface area contributed by atoms with Gasteiger partial charge >= 0.3 is 5.69 Å². The molecule has 1 saturated heterocycles. The maximum absolute atomic E-state index is 13.1. The standard InChI is InChI=1S/C23H24N4O4/c1-16-9-11-17(12-10-16)15-26-22(29)20(21(28)24-14-19-8-5-13-31-19)25-27(23(26)30)18-6-3-2-4-7-18/h2-4,6-7,9-12,19H,5,8,13-15H2,1H3,(H,24,28). The number of benzene rings is 2. The Balaban J connectivity index is 1.74. The molecule has 160 valence electrons. The fourth-order valence-corrected chi connectivity index (χ4v) is 3.51. The van der Waals surface area contributed by atoms with Crippen molar-refractivity contribution in [3.05, 3.63) is 92.3 Å². The van der Waals surface area contributed by atoms with Gasteiger partial charge in [-0.25, -0.2) is 4.79 Å². The molecule has 1 aliphatic rings. The summed E-state index contributed by atoms with van der Waals surface area (Å²) in [7, 11) is 0. The summed E-state index contributed by atoms with van der Waals surface area (Å²) < 4.78 is 7.66. The van der Waals surface area contributed by atoms with Gasteiger partial charge in [-0.05, 0) is 37.5 Å². The van der Waals surface area contributed by atoms with E-state index < -0.39 is 17.2 Å². The Bertz CT molecular complexity index is 1180. The average molecular weight is 420 g/mol. The minimum atomic E-state index is -0.720. The lowest BCUT2D eigenvalue weighted by Gasteiger charge is -2.14. The van der Waals surface area contributed by atoms with Crippen LogP contribution >= 0.6 is 0 Å². The van der Waals surface area contributed by atoms with Crippen molar-refractivity contribution in [3.8, 4) is 5.69 Å². The van der Waals surface area contributed by atoms with Crippen LogP contribution in [0.2, 0.25) is 0 Å². The number of aryl methyl sites for hydroxylation is 1. The molecule has 4 rings (SSSR count). The first kappa shape index (κ1) is 20.7. The average Bonchev–Trinajstić information content (AvgIpc) is 3.31. The molecule has 8 heteroatoms. The van der Waals surface area contributed by atoms with Crippen LogP contribution in [0.15, 0.2) is 64.2 Å². The van der Waals surface area contributed by atoms with E-state index in [1.807, 2.05) is 37.3 Å². The normalized spacial score (nSPS) is 15.7. The zero-order valence-electron chi connectivity index (χ0n) is 17.3. The van der Waals surface area contributed by atoms with Crippen LogP contribution in [0, 0.1) is 6.92 Å². The summed E-state index contributed by atoms with van der Waals surface area (Å²) in [5.41, 5.74) is 0.671. The van der Waals surface area contributed by atoms with E-state index in [1.54, 1.807) is 24.3 Å². The molecule has 0 bridgehead atoms. The molecule has 2 aromatic carbocycles. The number of hydrogen-bond donors (Lipinski definition) is 1. The van der Waals surface area contributed by atoms with Gasteiger partial charge in [-0.1, -0.05) is 48.0 Å². The molecule has 1 N–H and O–H groups in total. The van der Waals surface area contributed by atoms with Gasteiger partial charge in [0.15, 0.2) is 0 Å². The third kappa shape index (κ3) is 4.64. The Morgan fingerprint density at radius 2 is 1.87 bits per heavy atom. The first-order valence-corrected chi connectivity index (χ1v) is 10.3. The van der Waals surface area contributed by atoms with E-state index in [0.29, 0.717) is 18.8 Å². The van der Waals surface area contributed by atoms with Crippen LogP contribution in [0.1, 0.15) is 34.5 Å². The van der Waals surface area contributed by atoms with E-state index in [9.17, 15) is 14.4 Å². The summed E-state index contributed by atoms with van der Waals surface area (Å²) in [6.07, 6.45) is 1.73. The van der Waals surface area contributed by atoms with Gasteiger partial charge in [-0.15, -0.1) is 0 Å². The van der Waals surface area contributed by atoms with Crippen LogP contribution in [-0.4, -0.2) is 39.5 Å². The summed E-state index contributed by atoms with van der Waals surface area (Å²) in [6, 6.07) is 16.3. The molecule has 0 radical (unpaired) electrons. The Kier molecular flexibility index (Phi) is 6.08. The fraction of sp³-hybridized carbons (Fsp3) is 0.304. The second-order valence-corrected chi connectivity index (χ2v) is 7.60. The number of hydrogen-bond acceptors (Lipinski definition) is 5. The van der Waals surface area contributed by atoms with E-state index >= 15 is 0 Å². The number of carbonyl (C=O) groups is 1. The number of para-hydroxylation sites is 1. The number of carbonyl (C=O) groups excluding carboxylic acids is 1. The zero-order chi connectivity index (χ0) is 21.8. The Morgan fingerprint density at radius 1 is 1.13 bits per heavy atom. The molecular formula is C23H24N4O4. The van der Waals surface area contributed by atoms with Crippen LogP contribution in [0.25, 0.3) is 5.69 Å². The number of ether oxygens (including phenoxy) is 1. The number of amides is 1. The van der Waals surface area contributed by atoms with E-state index in [1.165, 1.54) is 0 Å². The van der Waals surface area contributed by atoms with Crippen molar-refractivity contribution < 1.29 is 9.53 Å². The highest BCUT2D eigenvalue weighted by Crippen LogP contribution is 2.10. The van der Waals surface area contributed by atoms with E-state index in [-0.39, 0.29) is 18.3 Å². The van der Waals surface area contributed by atoms with Gasteiger partial charge in [0.1, 0.15) is 0 Å². The summed E-state index contributed by atoms with van der Waals surface area (Å²) in [5, 5.41) is 6.84. The SMILES string of the molecule is Cc1ccc(Cn2c(=O)c(C(=O)NCC3CCCO3)nn(-c3ccccc3)c2=O)cc1. The van der Waals surface area contributed by atoms with Gasteiger partial charge in [0.2, 0.25) is 5.69 Å². The lowest BCUT2D eigenvalue weighted by atomic mass is 10.1. The van der Waals surface area contributed by atoms with Crippen molar-refractivity contribution in [2.45, 2.75) is 32.4 Å². The smallest absolute Gasteiger partial charge is 0.352 e. The third-order valence-corrected chi connectivity index (χ3v) is 5.25. The van der Waals surface area contributed by atoms with Crippen LogP contribution in [-0.2, 0) is 11.3 Å². The maximum atomic E-state index is 13.1. The second kappa shape index (κ2) is 9.09.